The molecule has 2 aromatic heterocycles. The number of halogens is 2. The van der Waals surface area contributed by atoms with E-state index < -0.39 is 17.1 Å². The third-order valence-corrected chi connectivity index (χ3v) is 5.03. The first kappa shape index (κ1) is 19.7. The molecule has 0 fully saturated rings. The SMILES string of the molecule is O=c1c(-c2ccc(F)cc2F)coc2cc(OCc3cnn(-c4ccccc4)c3)ccc12. The van der Waals surface area contributed by atoms with Crippen molar-refractivity contribution in [2.45, 2.75) is 6.61 Å². The van der Waals surface area contributed by atoms with Crippen molar-refractivity contribution in [2.24, 2.45) is 0 Å². The summed E-state index contributed by atoms with van der Waals surface area (Å²) in [5.74, 6) is -1.03. The van der Waals surface area contributed by atoms with Crippen LogP contribution in [0.25, 0.3) is 27.8 Å². The Balaban J connectivity index is 1.37. The van der Waals surface area contributed by atoms with E-state index in [0.717, 1.165) is 23.4 Å². The molecule has 3 aromatic carbocycles. The van der Waals surface area contributed by atoms with Crippen molar-refractivity contribution in [3.05, 3.63) is 113 Å². The van der Waals surface area contributed by atoms with Crippen LogP contribution in [-0.2, 0) is 6.61 Å². The molecule has 0 aliphatic rings. The minimum atomic E-state index is -0.826. The molecule has 7 heteroatoms. The van der Waals surface area contributed by atoms with Crippen LogP contribution in [0.15, 0.2) is 94.6 Å². The molecule has 0 saturated carbocycles. The van der Waals surface area contributed by atoms with E-state index >= 15 is 0 Å². The molecule has 32 heavy (non-hydrogen) atoms. The van der Waals surface area contributed by atoms with Gasteiger partial charge in [-0.15, -0.1) is 0 Å². The first-order valence-electron chi connectivity index (χ1n) is 9.81. The molecule has 5 aromatic rings. The van der Waals surface area contributed by atoms with Crippen LogP contribution in [0, 0.1) is 11.6 Å². The van der Waals surface area contributed by atoms with E-state index in [4.69, 9.17) is 9.15 Å². The highest BCUT2D eigenvalue weighted by Crippen LogP contribution is 2.25. The minimum Gasteiger partial charge on any atom is -0.489 e. The predicted octanol–water partition coefficient (Wildman–Crippen LogP) is 5.50. The summed E-state index contributed by atoms with van der Waals surface area (Å²) in [6, 6.07) is 17.6. The zero-order valence-electron chi connectivity index (χ0n) is 16.7. The summed E-state index contributed by atoms with van der Waals surface area (Å²) >= 11 is 0. The fourth-order valence-corrected chi connectivity index (χ4v) is 3.42. The summed E-state index contributed by atoms with van der Waals surface area (Å²) in [6.45, 7) is 0.279. The molecule has 0 saturated heterocycles. The topological polar surface area (TPSA) is 57.3 Å². The highest BCUT2D eigenvalue weighted by Gasteiger charge is 2.14. The lowest BCUT2D eigenvalue weighted by Crippen LogP contribution is -2.06. The Bertz CT molecular complexity index is 1480. The zero-order chi connectivity index (χ0) is 22.1. The van der Waals surface area contributed by atoms with E-state index in [2.05, 4.69) is 5.10 Å². The molecule has 0 amide bonds. The summed E-state index contributed by atoms with van der Waals surface area (Å²) in [7, 11) is 0. The average Bonchev–Trinajstić information content (AvgIpc) is 3.28. The highest BCUT2D eigenvalue weighted by atomic mass is 19.1. The standard InChI is InChI=1S/C25H16F2N2O3/c26-17-6-8-20(23(27)10-17)22-15-32-24-11-19(7-9-21(24)25(22)30)31-14-16-12-28-29(13-16)18-4-2-1-3-5-18/h1-13,15H,14H2. The lowest BCUT2D eigenvalue weighted by Gasteiger charge is -2.07. The Morgan fingerprint density at radius 2 is 1.81 bits per heavy atom. The van der Waals surface area contributed by atoms with Crippen LogP contribution in [0.4, 0.5) is 8.78 Å². The van der Waals surface area contributed by atoms with Crippen LogP contribution >= 0.6 is 0 Å². The van der Waals surface area contributed by atoms with Crippen molar-refractivity contribution >= 4 is 11.0 Å². The highest BCUT2D eigenvalue weighted by molar-refractivity contribution is 5.82. The van der Waals surface area contributed by atoms with Gasteiger partial charge in [-0.1, -0.05) is 18.2 Å². The first-order valence-corrected chi connectivity index (χ1v) is 9.81. The molecular formula is C25H16F2N2O3. The van der Waals surface area contributed by atoms with Gasteiger partial charge in [0.15, 0.2) is 0 Å². The van der Waals surface area contributed by atoms with E-state index in [9.17, 15) is 13.6 Å². The van der Waals surface area contributed by atoms with Gasteiger partial charge in [-0.2, -0.15) is 5.10 Å². The van der Waals surface area contributed by atoms with Crippen LogP contribution in [0.3, 0.4) is 0 Å². The molecule has 0 atom stereocenters. The Morgan fingerprint density at radius 3 is 2.62 bits per heavy atom. The van der Waals surface area contributed by atoms with Crippen molar-refractivity contribution in [3.63, 3.8) is 0 Å². The molecule has 0 spiro atoms. The van der Waals surface area contributed by atoms with E-state index in [1.165, 1.54) is 12.3 Å². The third-order valence-electron chi connectivity index (χ3n) is 5.03. The van der Waals surface area contributed by atoms with Gasteiger partial charge in [0.05, 0.1) is 22.8 Å². The number of ether oxygens (including phenoxy) is 1. The number of rotatable bonds is 5. The third kappa shape index (κ3) is 3.76. The maximum absolute atomic E-state index is 14.1. The number of hydrogen-bond acceptors (Lipinski definition) is 4. The maximum atomic E-state index is 14.1. The van der Waals surface area contributed by atoms with Gasteiger partial charge in [0.2, 0.25) is 5.43 Å². The quantitative estimate of drug-likeness (QED) is 0.369. The lowest BCUT2D eigenvalue weighted by molar-refractivity contribution is 0.306. The number of fused-ring (bicyclic) bond motifs is 1. The molecule has 0 unspecified atom stereocenters. The maximum Gasteiger partial charge on any atom is 0.200 e. The fourth-order valence-electron chi connectivity index (χ4n) is 3.42. The molecule has 0 aliphatic carbocycles. The average molecular weight is 430 g/mol. The van der Waals surface area contributed by atoms with Gasteiger partial charge < -0.3 is 9.15 Å². The first-order chi connectivity index (χ1) is 15.6. The smallest absolute Gasteiger partial charge is 0.200 e. The summed E-state index contributed by atoms with van der Waals surface area (Å²) in [5.41, 5.74) is 1.72. The van der Waals surface area contributed by atoms with Crippen molar-refractivity contribution in [2.75, 3.05) is 0 Å². The van der Waals surface area contributed by atoms with E-state index in [0.29, 0.717) is 11.3 Å². The van der Waals surface area contributed by atoms with Gasteiger partial charge in [0, 0.05) is 29.5 Å². The second kappa shape index (κ2) is 8.11. The van der Waals surface area contributed by atoms with Crippen LogP contribution in [0.1, 0.15) is 5.56 Å². The second-order valence-electron chi connectivity index (χ2n) is 7.18. The van der Waals surface area contributed by atoms with Gasteiger partial charge in [-0.05, 0) is 36.4 Å². The number of benzene rings is 3. The van der Waals surface area contributed by atoms with Crippen LogP contribution < -0.4 is 10.2 Å². The monoisotopic (exact) mass is 430 g/mol. The molecular weight excluding hydrogens is 414 g/mol. The predicted molar refractivity (Wildman–Crippen MR) is 116 cm³/mol. The Morgan fingerprint density at radius 1 is 0.969 bits per heavy atom. The van der Waals surface area contributed by atoms with Gasteiger partial charge in [0.1, 0.15) is 35.8 Å². The number of para-hydroxylation sites is 1. The molecule has 5 nitrogen and oxygen atoms in total. The molecule has 0 bridgehead atoms. The molecule has 2 heterocycles. The van der Waals surface area contributed by atoms with Crippen LogP contribution in [0.2, 0.25) is 0 Å². The van der Waals surface area contributed by atoms with Gasteiger partial charge >= 0.3 is 0 Å². The largest absolute Gasteiger partial charge is 0.489 e. The molecule has 0 radical (unpaired) electrons. The molecule has 158 valence electrons. The van der Waals surface area contributed by atoms with Crippen molar-refractivity contribution in [1.82, 2.24) is 9.78 Å². The number of aromatic nitrogens is 2. The number of hydrogen-bond donors (Lipinski definition) is 0. The summed E-state index contributed by atoms with van der Waals surface area (Å²) in [4.78, 5) is 12.8. The summed E-state index contributed by atoms with van der Waals surface area (Å²) in [5, 5.41) is 4.61. The molecule has 5 rings (SSSR count). The molecule has 0 aliphatic heterocycles. The van der Waals surface area contributed by atoms with Gasteiger partial charge in [-0.25, -0.2) is 13.5 Å². The van der Waals surface area contributed by atoms with Gasteiger partial charge in [-0.3, -0.25) is 4.79 Å². The Hall–Kier alpha value is -4.26. The van der Waals surface area contributed by atoms with E-state index in [1.54, 1.807) is 29.1 Å². The Labute approximate surface area is 181 Å². The molecule has 0 N–H and O–H groups in total. The summed E-state index contributed by atoms with van der Waals surface area (Å²) in [6.07, 6.45) is 4.77. The van der Waals surface area contributed by atoms with Crippen molar-refractivity contribution in [3.8, 4) is 22.6 Å². The summed E-state index contributed by atoms with van der Waals surface area (Å²) < 4.78 is 40.4. The van der Waals surface area contributed by atoms with E-state index in [1.807, 2.05) is 36.5 Å². The van der Waals surface area contributed by atoms with Gasteiger partial charge in [0.25, 0.3) is 0 Å². The van der Waals surface area contributed by atoms with Crippen molar-refractivity contribution in [1.29, 1.82) is 0 Å². The Kier molecular flexibility index (Phi) is 4.99. The normalized spacial score (nSPS) is 11.1. The van der Waals surface area contributed by atoms with Crippen molar-refractivity contribution < 1.29 is 17.9 Å². The number of nitrogens with zero attached hydrogens (tertiary/aromatic N) is 2. The van der Waals surface area contributed by atoms with E-state index in [-0.39, 0.29) is 23.1 Å². The minimum absolute atomic E-state index is 0.0159. The van der Waals surface area contributed by atoms with Crippen LogP contribution in [-0.4, -0.2) is 9.78 Å². The second-order valence-corrected chi connectivity index (χ2v) is 7.18. The lowest BCUT2D eigenvalue weighted by atomic mass is 10.0. The fraction of sp³-hybridized carbons (Fsp3) is 0.0400. The zero-order valence-corrected chi connectivity index (χ0v) is 16.7. The van der Waals surface area contributed by atoms with Crippen LogP contribution in [0.5, 0.6) is 5.75 Å².